The predicted octanol–water partition coefficient (Wildman–Crippen LogP) is 4.67. The van der Waals surface area contributed by atoms with Gasteiger partial charge in [-0.05, 0) is 56.7 Å². The second kappa shape index (κ2) is 10.8. The molecule has 8 atom stereocenters. The van der Waals surface area contributed by atoms with E-state index in [1.165, 1.54) is 0 Å². The van der Waals surface area contributed by atoms with E-state index in [4.69, 9.17) is 14.2 Å². The Morgan fingerprint density at radius 3 is 2.69 bits per heavy atom. The summed E-state index contributed by atoms with van der Waals surface area (Å²) in [4.78, 5) is 31.6. The number of carbonyl (C=O) groups excluding carboxylic acids is 2. The fraction of sp³-hybridized carbons (Fsp3) is 0.700. The molecule has 214 valence electrons. The van der Waals surface area contributed by atoms with Crippen molar-refractivity contribution >= 4 is 33.3 Å². The second-order valence-corrected chi connectivity index (χ2v) is 13.8. The molecular weight excluding hydrogens is 518 g/mol. The smallest absolute Gasteiger partial charge is 0.309 e. The van der Waals surface area contributed by atoms with Crippen molar-refractivity contribution in [3.8, 4) is 0 Å². The number of aliphatic hydroxyl groups is 2. The summed E-state index contributed by atoms with van der Waals surface area (Å²) in [5.41, 5.74) is 0.230. The molecule has 0 bridgehead atoms. The van der Waals surface area contributed by atoms with Gasteiger partial charge >= 0.3 is 5.97 Å². The maximum Gasteiger partial charge on any atom is 0.309 e. The van der Waals surface area contributed by atoms with E-state index >= 15 is 0 Å². The van der Waals surface area contributed by atoms with Crippen molar-refractivity contribution in [3.63, 3.8) is 0 Å². The zero-order valence-electron chi connectivity index (χ0n) is 23.5. The van der Waals surface area contributed by atoms with Crippen molar-refractivity contribution in [2.24, 2.45) is 17.3 Å². The first kappa shape index (κ1) is 28.6. The molecule has 3 aliphatic heterocycles. The van der Waals surface area contributed by atoms with Gasteiger partial charge in [-0.15, -0.1) is 11.3 Å². The first-order valence-electron chi connectivity index (χ1n) is 14.1. The molecule has 0 spiro atoms. The Bertz CT molecular complexity index is 1230. The van der Waals surface area contributed by atoms with Crippen LogP contribution in [0.3, 0.4) is 0 Å². The number of aryl methyl sites for hydroxylation is 1. The van der Waals surface area contributed by atoms with Crippen LogP contribution in [0.1, 0.15) is 82.9 Å². The zero-order chi connectivity index (χ0) is 28.1. The van der Waals surface area contributed by atoms with Crippen LogP contribution in [-0.2, 0) is 23.8 Å². The van der Waals surface area contributed by atoms with Gasteiger partial charge in [0.1, 0.15) is 11.9 Å². The zero-order valence-corrected chi connectivity index (χ0v) is 24.3. The summed E-state index contributed by atoms with van der Waals surface area (Å²) in [5, 5.41) is 21.9. The maximum absolute atomic E-state index is 13.8. The van der Waals surface area contributed by atoms with E-state index in [0.29, 0.717) is 12.8 Å². The van der Waals surface area contributed by atoms with Crippen LogP contribution in [0.25, 0.3) is 10.2 Å². The van der Waals surface area contributed by atoms with Crippen molar-refractivity contribution in [1.82, 2.24) is 4.98 Å². The standard InChI is InChI=1S/C30H41NO7S/c1-16-7-6-10-30(5)25(38-30)13-22(18-8-9-23-21(11-18)31-17(2)39-23)37-26(34)14-24(33)29(3,4)28(35)20-12-19(15-32)36-27(16)20/h8-9,11,16,19-20,22,24-25,27,32-33H,6-7,10,12-15H2,1-5H3/t16-,19+,20+,22-,24-,25-,27-,30+/m0/s1. The Kier molecular flexibility index (Phi) is 7.94. The molecule has 1 aromatic heterocycles. The van der Waals surface area contributed by atoms with E-state index in [9.17, 15) is 19.8 Å². The number of epoxide rings is 1. The summed E-state index contributed by atoms with van der Waals surface area (Å²) in [7, 11) is 0. The fourth-order valence-electron chi connectivity index (χ4n) is 6.41. The number of thiazole rings is 1. The lowest BCUT2D eigenvalue weighted by atomic mass is 9.71. The van der Waals surface area contributed by atoms with Gasteiger partial charge in [0, 0.05) is 12.3 Å². The van der Waals surface area contributed by atoms with Crippen LogP contribution in [0.4, 0.5) is 0 Å². The van der Waals surface area contributed by atoms with Crippen LogP contribution in [0.15, 0.2) is 18.2 Å². The van der Waals surface area contributed by atoms with Gasteiger partial charge in [0.05, 0.1) is 63.7 Å². The van der Waals surface area contributed by atoms with Crippen molar-refractivity contribution < 1.29 is 34.0 Å². The molecule has 0 amide bonds. The average Bonchev–Trinajstić information content (AvgIpc) is 3.20. The summed E-state index contributed by atoms with van der Waals surface area (Å²) >= 11 is 1.62. The summed E-state index contributed by atoms with van der Waals surface area (Å²) in [5.74, 6) is -1.05. The number of nitrogens with zero attached hydrogens (tertiary/aromatic N) is 1. The normalized spacial score (nSPS) is 37.8. The van der Waals surface area contributed by atoms with Gasteiger partial charge in [0.25, 0.3) is 0 Å². The molecule has 8 nitrogen and oxygen atoms in total. The lowest BCUT2D eigenvalue weighted by Gasteiger charge is -2.34. The first-order chi connectivity index (χ1) is 18.4. The van der Waals surface area contributed by atoms with E-state index in [1.54, 1.807) is 25.2 Å². The highest BCUT2D eigenvalue weighted by molar-refractivity contribution is 7.18. The molecule has 39 heavy (non-hydrogen) atoms. The van der Waals surface area contributed by atoms with Crippen LogP contribution in [-0.4, -0.2) is 63.6 Å². The van der Waals surface area contributed by atoms with E-state index in [0.717, 1.165) is 40.1 Å². The van der Waals surface area contributed by atoms with Crippen LogP contribution in [0, 0.1) is 24.2 Å². The number of aromatic nitrogens is 1. The number of Topliss-reactive ketones (excluding diaryl/α,β-unsaturated/α-hetero) is 1. The van der Waals surface area contributed by atoms with Crippen molar-refractivity contribution in [1.29, 1.82) is 0 Å². The van der Waals surface area contributed by atoms with Gasteiger partial charge in [0.2, 0.25) is 0 Å². The topological polar surface area (TPSA) is 118 Å². The van der Waals surface area contributed by atoms with E-state index in [-0.39, 0.29) is 42.5 Å². The largest absolute Gasteiger partial charge is 0.457 e. The predicted molar refractivity (Wildman–Crippen MR) is 147 cm³/mol. The lowest BCUT2D eigenvalue weighted by molar-refractivity contribution is -0.156. The maximum atomic E-state index is 13.8. The number of esters is 1. The third kappa shape index (κ3) is 5.79. The minimum atomic E-state index is -1.22. The Balaban J connectivity index is 1.42. The molecule has 0 unspecified atom stereocenters. The molecule has 0 saturated carbocycles. The Morgan fingerprint density at radius 1 is 1.18 bits per heavy atom. The summed E-state index contributed by atoms with van der Waals surface area (Å²) in [6, 6.07) is 5.95. The van der Waals surface area contributed by atoms with Gasteiger partial charge < -0.3 is 24.4 Å². The number of ether oxygens (including phenoxy) is 3. The molecule has 1 aromatic carbocycles. The SMILES string of the molecule is Cc1nc2cc([C@@H]3C[C@@H]4O[C@]4(C)CCC[C@H](C)[C@@H]4O[C@@H](CO)C[C@H]4C(=O)C(C)(C)[C@@H](O)CC(=O)O3)ccc2s1. The van der Waals surface area contributed by atoms with Gasteiger partial charge in [-0.3, -0.25) is 9.59 Å². The molecule has 3 aliphatic rings. The van der Waals surface area contributed by atoms with Crippen molar-refractivity contribution in [2.45, 2.75) is 109 Å². The molecule has 9 heteroatoms. The quantitative estimate of drug-likeness (QED) is 0.403. The van der Waals surface area contributed by atoms with E-state index < -0.39 is 35.6 Å². The molecule has 2 aromatic rings. The number of hydrogen-bond donors (Lipinski definition) is 2. The van der Waals surface area contributed by atoms with Crippen LogP contribution in [0.2, 0.25) is 0 Å². The minimum Gasteiger partial charge on any atom is -0.457 e. The molecule has 5 rings (SSSR count). The number of hydrogen-bond acceptors (Lipinski definition) is 9. The number of rotatable bonds is 2. The number of benzene rings is 1. The van der Waals surface area contributed by atoms with E-state index in [1.807, 2.05) is 25.1 Å². The van der Waals surface area contributed by atoms with Crippen LogP contribution >= 0.6 is 11.3 Å². The lowest BCUT2D eigenvalue weighted by Crippen LogP contribution is -2.45. The van der Waals surface area contributed by atoms with Crippen LogP contribution in [0.5, 0.6) is 0 Å². The minimum absolute atomic E-state index is 0.0523. The van der Waals surface area contributed by atoms with E-state index in [2.05, 4.69) is 18.8 Å². The monoisotopic (exact) mass is 559 g/mol. The van der Waals surface area contributed by atoms with Gasteiger partial charge in [-0.25, -0.2) is 4.98 Å². The summed E-state index contributed by atoms with van der Waals surface area (Å²) in [6.07, 6.45) is 0.679. The fourth-order valence-corrected chi connectivity index (χ4v) is 7.22. The van der Waals surface area contributed by atoms with Gasteiger partial charge in [-0.1, -0.05) is 33.3 Å². The molecular formula is C30H41NO7S. The van der Waals surface area contributed by atoms with Gasteiger partial charge in [-0.2, -0.15) is 0 Å². The van der Waals surface area contributed by atoms with Gasteiger partial charge in [0.15, 0.2) is 0 Å². The molecule has 0 aliphatic carbocycles. The second-order valence-electron chi connectivity index (χ2n) is 12.5. The number of fused-ring (bicyclic) bond motifs is 3. The average molecular weight is 560 g/mol. The summed E-state index contributed by atoms with van der Waals surface area (Å²) < 4.78 is 19.4. The molecule has 2 N–H and O–H groups in total. The highest BCUT2D eigenvalue weighted by atomic mass is 32.1. The first-order valence-corrected chi connectivity index (χ1v) is 15.0. The third-order valence-corrected chi connectivity index (χ3v) is 10.1. The number of carbonyl (C=O) groups is 2. The number of cyclic esters (lactones) is 1. The molecule has 0 radical (unpaired) electrons. The highest BCUT2D eigenvalue weighted by Crippen LogP contribution is 2.47. The van der Waals surface area contributed by atoms with Crippen molar-refractivity contribution in [3.05, 3.63) is 28.8 Å². The number of ketones is 1. The Morgan fingerprint density at radius 2 is 1.95 bits per heavy atom. The molecule has 3 saturated heterocycles. The summed E-state index contributed by atoms with van der Waals surface area (Å²) in [6.45, 7) is 9.38. The Hall–Kier alpha value is -1.91. The number of aliphatic hydroxyl groups excluding tert-OH is 2. The third-order valence-electron chi connectivity index (χ3n) is 9.15. The van der Waals surface area contributed by atoms with Crippen LogP contribution < -0.4 is 0 Å². The molecule has 4 heterocycles. The molecule has 3 fully saturated rings. The highest BCUT2D eigenvalue weighted by Gasteiger charge is 2.53. The Labute approximate surface area is 234 Å². The van der Waals surface area contributed by atoms with Crippen molar-refractivity contribution in [2.75, 3.05) is 6.61 Å².